The molecule has 1 N–H and O–H groups in total. The van der Waals surface area contributed by atoms with Crippen LogP contribution in [0.5, 0.6) is 0 Å². The molecule has 0 aliphatic rings. The topological polar surface area (TPSA) is 12.0 Å². The number of hydrogen-bond acceptors (Lipinski definition) is 1. The molecule has 1 nitrogen and oxygen atoms in total. The summed E-state index contributed by atoms with van der Waals surface area (Å²) < 4.78 is 0. The molecule has 0 saturated heterocycles. The number of halogens is 1. The van der Waals surface area contributed by atoms with Crippen molar-refractivity contribution in [2.75, 3.05) is 13.1 Å². The second-order valence-corrected chi connectivity index (χ2v) is 3.92. The van der Waals surface area contributed by atoms with Gasteiger partial charge in [0.25, 0.3) is 0 Å². The molecule has 0 amide bonds. The van der Waals surface area contributed by atoms with Crippen LogP contribution < -0.4 is 5.32 Å². The zero-order valence-electron chi connectivity index (χ0n) is 9.39. The van der Waals surface area contributed by atoms with Crippen LogP contribution in [-0.4, -0.2) is 13.1 Å². The van der Waals surface area contributed by atoms with Crippen molar-refractivity contribution in [3.05, 3.63) is 40.9 Å². The van der Waals surface area contributed by atoms with Gasteiger partial charge in [-0.2, -0.15) is 0 Å². The minimum absolute atomic E-state index is 0.828. The van der Waals surface area contributed by atoms with Crippen molar-refractivity contribution in [1.29, 1.82) is 0 Å². The van der Waals surface area contributed by atoms with E-state index in [2.05, 4.69) is 31.3 Å². The van der Waals surface area contributed by atoms with E-state index >= 15 is 0 Å². The van der Waals surface area contributed by atoms with Gasteiger partial charge in [-0.1, -0.05) is 42.8 Å². The fourth-order valence-corrected chi connectivity index (χ4v) is 1.74. The lowest BCUT2D eigenvalue weighted by Crippen LogP contribution is -2.13. The van der Waals surface area contributed by atoms with Gasteiger partial charge < -0.3 is 5.32 Å². The van der Waals surface area contributed by atoms with Gasteiger partial charge in [0.05, 0.1) is 0 Å². The summed E-state index contributed by atoms with van der Waals surface area (Å²) >= 11 is 6.10. The summed E-state index contributed by atoms with van der Waals surface area (Å²) in [6.07, 6.45) is 3.27. The largest absolute Gasteiger partial charge is 0.317 e. The van der Waals surface area contributed by atoms with Gasteiger partial charge >= 0.3 is 0 Å². The highest BCUT2D eigenvalue weighted by atomic mass is 35.5. The zero-order chi connectivity index (χ0) is 11.1. The Morgan fingerprint density at radius 3 is 2.80 bits per heavy atom. The number of nitrogens with one attached hydrogen (secondary N) is 1. The quantitative estimate of drug-likeness (QED) is 0.750. The Morgan fingerprint density at radius 1 is 1.40 bits per heavy atom. The average Bonchev–Trinajstić information content (AvgIpc) is 2.25. The minimum atomic E-state index is 0.828. The van der Waals surface area contributed by atoms with E-state index in [0.717, 1.165) is 30.1 Å². The van der Waals surface area contributed by atoms with E-state index < -0.39 is 0 Å². The minimum Gasteiger partial charge on any atom is -0.317 e. The molecule has 0 aromatic heterocycles. The normalized spacial score (nSPS) is 11.8. The first-order valence-electron chi connectivity index (χ1n) is 5.38. The lowest BCUT2D eigenvalue weighted by Gasteiger charge is -2.04. The van der Waals surface area contributed by atoms with Crippen LogP contribution in [0.15, 0.2) is 30.3 Å². The molecule has 0 radical (unpaired) electrons. The molecule has 1 aromatic rings. The summed E-state index contributed by atoms with van der Waals surface area (Å²) in [6.45, 7) is 6.27. The summed E-state index contributed by atoms with van der Waals surface area (Å²) in [6, 6.07) is 7.96. The molecule has 15 heavy (non-hydrogen) atoms. The first-order valence-corrected chi connectivity index (χ1v) is 5.76. The lowest BCUT2D eigenvalue weighted by molar-refractivity contribution is 0.727. The smallest absolute Gasteiger partial charge is 0.0480 e. The monoisotopic (exact) mass is 223 g/mol. The lowest BCUT2D eigenvalue weighted by atomic mass is 10.1. The molecular formula is C13H18ClN. The summed E-state index contributed by atoms with van der Waals surface area (Å²) in [5, 5.41) is 4.12. The molecule has 0 spiro atoms. The van der Waals surface area contributed by atoms with E-state index in [-0.39, 0.29) is 0 Å². The average molecular weight is 224 g/mol. The maximum atomic E-state index is 6.10. The third-order valence-corrected chi connectivity index (χ3v) is 2.65. The van der Waals surface area contributed by atoms with E-state index in [1.807, 2.05) is 18.2 Å². The predicted molar refractivity (Wildman–Crippen MR) is 68.3 cm³/mol. The Labute approximate surface area is 97.1 Å². The molecule has 0 aliphatic heterocycles. The fraction of sp³-hybridized carbons (Fsp3) is 0.385. The summed E-state index contributed by atoms with van der Waals surface area (Å²) in [4.78, 5) is 0. The second-order valence-electron chi connectivity index (χ2n) is 3.51. The molecule has 0 atom stereocenters. The zero-order valence-corrected chi connectivity index (χ0v) is 10.1. The SMILES string of the molecule is CCNCCC=C(C)c1ccccc1Cl. The van der Waals surface area contributed by atoms with Crippen LogP contribution in [0, 0.1) is 0 Å². The first-order chi connectivity index (χ1) is 7.25. The van der Waals surface area contributed by atoms with Gasteiger partial charge in [0.1, 0.15) is 0 Å². The number of hydrogen-bond donors (Lipinski definition) is 1. The molecule has 0 bridgehead atoms. The Bertz CT molecular complexity index is 331. The van der Waals surface area contributed by atoms with Gasteiger partial charge in [-0.05, 0) is 43.6 Å². The maximum Gasteiger partial charge on any atom is 0.0480 e. The third-order valence-electron chi connectivity index (χ3n) is 2.32. The molecular weight excluding hydrogens is 206 g/mol. The van der Waals surface area contributed by atoms with Gasteiger partial charge in [-0.15, -0.1) is 0 Å². The number of allylic oxidation sites excluding steroid dienone is 1. The fourth-order valence-electron chi connectivity index (χ4n) is 1.46. The second kappa shape index (κ2) is 6.65. The molecule has 0 saturated carbocycles. The van der Waals surface area contributed by atoms with E-state index in [1.54, 1.807) is 0 Å². The Morgan fingerprint density at radius 2 is 2.13 bits per heavy atom. The van der Waals surface area contributed by atoms with Gasteiger partial charge in [-0.25, -0.2) is 0 Å². The van der Waals surface area contributed by atoms with Crippen LogP contribution in [0.4, 0.5) is 0 Å². The third kappa shape index (κ3) is 4.06. The predicted octanol–water partition coefficient (Wildman–Crippen LogP) is 3.74. The van der Waals surface area contributed by atoms with Crippen molar-refractivity contribution >= 4 is 17.2 Å². The van der Waals surface area contributed by atoms with E-state index in [0.29, 0.717) is 0 Å². The van der Waals surface area contributed by atoms with Crippen LogP contribution in [-0.2, 0) is 0 Å². The van der Waals surface area contributed by atoms with Crippen molar-refractivity contribution in [1.82, 2.24) is 5.32 Å². The van der Waals surface area contributed by atoms with Crippen LogP contribution in [0.1, 0.15) is 25.8 Å². The molecule has 1 aromatic carbocycles. The Hall–Kier alpha value is -0.790. The van der Waals surface area contributed by atoms with Crippen molar-refractivity contribution in [2.24, 2.45) is 0 Å². The molecule has 0 aliphatic carbocycles. The molecule has 0 fully saturated rings. The van der Waals surface area contributed by atoms with Crippen LogP contribution in [0.25, 0.3) is 5.57 Å². The van der Waals surface area contributed by atoms with Crippen molar-refractivity contribution in [2.45, 2.75) is 20.3 Å². The molecule has 0 unspecified atom stereocenters. The van der Waals surface area contributed by atoms with E-state index in [1.165, 1.54) is 5.57 Å². The first kappa shape index (κ1) is 12.3. The number of rotatable bonds is 5. The van der Waals surface area contributed by atoms with Gasteiger partial charge in [0.15, 0.2) is 0 Å². The number of benzene rings is 1. The Kier molecular flexibility index (Phi) is 5.44. The maximum absolute atomic E-state index is 6.10. The van der Waals surface area contributed by atoms with E-state index in [9.17, 15) is 0 Å². The summed E-state index contributed by atoms with van der Waals surface area (Å²) in [7, 11) is 0. The molecule has 82 valence electrons. The highest BCUT2D eigenvalue weighted by molar-refractivity contribution is 6.32. The highest BCUT2D eigenvalue weighted by Gasteiger charge is 1.99. The van der Waals surface area contributed by atoms with Gasteiger partial charge in [-0.3, -0.25) is 0 Å². The standard InChI is InChI=1S/C13H18ClN/c1-3-15-10-6-7-11(2)12-8-4-5-9-13(12)14/h4-5,7-9,15H,3,6,10H2,1-2H3. The summed E-state index contributed by atoms with van der Waals surface area (Å²) in [5.41, 5.74) is 2.38. The highest BCUT2D eigenvalue weighted by Crippen LogP contribution is 2.23. The van der Waals surface area contributed by atoms with Gasteiger partial charge in [0, 0.05) is 5.02 Å². The van der Waals surface area contributed by atoms with Crippen molar-refractivity contribution in [3.8, 4) is 0 Å². The Balaban J connectivity index is 2.60. The molecule has 1 rings (SSSR count). The van der Waals surface area contributed by atoms with Gasteiger partial charge in [0.2, 0.25) is 0 Å². The molecule has 2 heteroatoms. The van der Waals surface area contributed by atoms with Crippen LogP contribution in [0.3, 0.4) is 0 Å². The van der Waals surface area contributed by atoms with Crippen LogP contribution >= 0.6 is 11.6 Å². The molecule has 0 heterocycles. The van der Waals surface area contributed by atoms with Crippen molar-refractivity contribution in [3.63, 3.8) is 0 Å². The van der Waals surface area contributed by atoms with Crippen molar-refractivity contribution < 1.29 is 0 Å². The summed E-state index contributed by atoms with van der Waals surface area (Å²) in [5.74, 6) is 0. The van der Waals surface area contributed by atoms with E-state index in [4.69, 9.17) is 11.6 Å². The van der Waals surface area contributed by atoms with Crippen LogP contribution in [0.2, 0.25) is 5.02 Å².